The second kappa shape index (κ2) is 7.57. The molecule has 0 N–H and O–H groups in total. The zero-order chi connectivity index (χ0) is 20.7. The van der Waals surface area contributed by atoms with E-state index >= 15 is 0 Å². The van der Waals surface area contributed by atoms with E-state index in [0.29, 0.717) is 18.0 Å². The van der Waals surface area contributed by atoms with Crippen molar-refractivity contribution in [1.82, 2.24) is 9.21 Å². The average molecular weight is 425 g/mol. The number of sulfonamides is 1. The molecule has 28 heavy (non-hydrogen) atoms. The third kappa shape index (κ3) is 3.86. The van der Waals surface area contributed by atoms with Crippen LogP contribution in [0.5, 0.6) is 0 Å². The fourth-order valence-electron chi connectivity index (χ4n) is 3.52. The van der Waals surface area contributed by atoms with Crippen molar-refractivity contribution < 1.29 is 17.6 Å². The highest BCUT2D eigenvalue weighted by molar-refractivity contribution is 7.89. The van der Waals surface area contributed by atoms with Crippen LogP contribution < -0.4 is 0 Å². The van der Waals surface area contributed by atoms with Crippen molar-refractivity contribution in [2.24, 2.45) is 0 Å². The first-order chi connectivity index (χ1) is 13.0. The van der Waals surface area contributed by atoms with E-state index in [1.165, 1.54) is 27.8 Å². The second-order valence-electron chi connectivity index (χ2n) is 7.61. The molecular formula is C20H25FN2O3S2. The molecule has 1 aromatic heterocycles. The Hall–Kier alpha value is -1.77. The van der Waals surface area contributed by atoms with Crippen LogP contribution in [-0.4, -0.2) is 49.7 Å². The van der Waals surface area contributed by atoms with Gasteiger partial charge >= 0.3 is 0 Å². The predicted molar refractivity (Wildman–Crippen MR) is 109 cm³/mol. The van der Waals surface area contributed by atoms with Gasteiger partial charge in [-0.2, -0.15) is 4.31 Å². The van der Waals surface area contributed by atoms with E-state index < -0.39 is 15.4 Å². The number of hydrogen-bond acceptors (Lipinski definition) is 4. The van der Waals surface area contributed by atoms with Crippen LogP contribution in [0.3, 0.4) is 0 Å². The van der Waals surface area contributed by atoms with Crippen molar-refractivity contribution in [3.05, 3.63) is 51.5 Å². The predicted octanol–water partition coefficient (Wildman–Crippen LogP) is 3.31. The summed E-state index contributed by atoms with van der Waals surface area (Å²) < 4.78 is 40.5. The third-order valence-corrected chi connectivity index (χ3v) is 8.36. The van der Waals surface area contributed by atoms with Crippen molar-refractivity contribution in [3.63, 3.8) is 0 Å². The molecule has 1 fully saturated rings. The smallest absolute Gasteiger partial charge is 0.244 e. The molecule has 152 valence electrons. The van der Waals surface area contributed by atoms with Crippen molar-refractivity contribution in [2.75, 3.05) is 26.2 Å². The lowest BCUT2D eigenvalue weighted by atomic mass is 9.83. The minimum atomic E-state index is -3.55. The molecule has 1 aliphatic rings. The first-order valence-electron chi connectivity index (χ1n) is 9.16. The summed E-state index contributed by atoms with van der Waals surface area (Å²) in [4.78, 5) is 16.9. The van der Waals surface area contributed by atoms with Gasteiger partial charge in [0.25, 0.3) is 0 Å². The lowest BCUT2D eigenvalue weighted by Crippen LogP contribution is -2.54. The van der Waals surface area contributed by atoms with Crippen molar-refractivity contribution in [2.45, 2.75) is 38.0 Å². The van der Waals surface area contributed by atoms with Crippen LogP contribution in [0.15, 0.2) is 35.2 Å². The molecule has 0 aliphatic carbocycles. The summed E-state index contributed by atoms with van der Waals surface area (Å²) in [6.07, 6.45) is 0. The molecule has 2 aromatic rings. The minimum Gasteiger partial charge on any atom is -0.339 e. The van der Waals surface area contributed by atoms with Crippen LogP contribution in [0.4, 0.5) is 4.39 Å². The number of halogens is 1. The molecule has 1 aromatic carbocycles. The summed E-state index contributed by atoms with van der Waals surface area (Å²) in [7, 11) is -3.55. The fraction of sp³-hybridized carbons (Fsp3) is 0.450. The first-order valence-corrected chi connectivity index (χ1v) is 11.4. The lowest BCUT2D eigenvalue weighted by molar-refractivity contribution is -0.137. The van der Waals surface area contributed by atoms with Gasteiger partial charge in [-0.05, 0) is 51.5 Å². The molecule has 3 rings (SSSR count). The zero-order valence-electron chi connectivity index (χ0n) is 16.5. The Balaban J connectivity index is 1.72. The molecule has 8 heteroatoms. The van der Waals surface area contributed by atoms with Gasteiger partial charge in [0.2, 0.25) is 15.9 Å². The number of nitrogens with zero attached hydrogens (tertiary/aromatic N) is 2. The zero-order valence-corrected chi connectivity index (χ0v) is 18.2. The Labute approximate surface area is 169 Å². The number of benzene rings is 1. The SMILES string of the molecule is Cc1cc(S(=O)(=O)N2CCN(C(=O)C(C)(C)c3ccc(F)cc3)CC2)c(C)s1. The number of aryl methyl sites for hydroxylation is 2. The van der Waals surface area contributed by atoms with E-state index in [2.05, 4.69) is 0 Å². The third-order valence-electron chi connectivity index (χ3n) is 5.24. The van der Waals surface area contributed by atoms with E-state index in [1.54, 1.807) is 23.1 Å². The molecule has 0 saturated carbocycles. The molecule has 0 radical (unpaired) electrons. The van der Waals surface area contributed by atoms with E-state index in [-0.39, 0.29) is 24.8 Å². The standard InChI is InChI=1S/C20H25FN2O3S2/c1-14-13-18(15(2)27-14)28(25,26)23-11-9-22(10-12-23)19(24)20(3,4)16-5-7-17(21)8-6-16/h5-8,13H,9-12H2,1-4H3. The van der Waals surface area contributed by atoms with Crippen LogP contribution in [0.1, 0.15) is 29.2 Å². The molecule has 0 bridgehead atoms. The van der Waals surface area contributed by atoms with Gasteiger partial charge in [-0.15, -0.1) is 11.3 Å². The van der Waals surface area contributed by atoms with Gasteiger partial charge < -0.3 is 4.90 Å². The summed E-state index contributed by atoms with van der Waals surface area (Å²) in [5.41, 5.74) is -0.0752. The highest BCUT2D eigenvalue weighted by atomic mass is 32.2. The number of amides is 1. The van der Waals surface area contributed by atoms with Crippen LogP contribution >= 0.6 is 11.3 Å². The minimum absolute atomic E-state index is 0.0845. The first kappa shape index (κ1) is 21.0. The van der Waals surface area contributed by atoms with Gasteiger partial charge in [-0.3, -0.25) is 4.79 Å². The van der Waals surface area contributed by atoms with Gasteiger partial charge in [0.15, 0.2) is 0 Å². The Kier molecular flexibility index (Phi) is 5.67. The topological polar surface area (TPSA) is 57.7 Å². The van der Waals surface area contributed by atoms with Crippen LogP contribution in [0.2, 0.25) is 0 Å². The van der Waals surface area contributed by atoms with Crippen LogP contribution in [-0.2, 0) is 20.2 Å². The summed E-state index contributed by atoms with van der Waals surface area (Å²) in [6, 6.07) is 7.65. The molecule has 0 unspecified atom stereocenters. The van der Waals surface area contributed by atoms with Crippen molar-refractivity contribution in [1.29, 1.82) is 0 Å². The molecule has 1 amide bonds. The number of rotatable bonds is 4. The maximum absolute atomic E-state index is 13.2. The molecule has 1 aliphatic heterocycles. The normalized spacial score (nSPS) is 16.4. The monoisotopic (exact) mass is 424 g/mol. The fourth-order valence-corrected chi connectivity index (χ4v) is 6.47. The summed E-state index contributed by atoms with van der Waals surface area (Å²) in [6.45, 7) is 8.53. The van der Waals surface area contributed by atoms with Crippen molar-refractivity contribution in [3.8, 4) is 0 Å². The molecule has 2 heterocycles. The van der Waals surface area contributed by atoms with Gasteiger partial charge in [-0.1, -0.05) is 12.1 Å². The van der Waals surface area contributed by atoms with E-state index in [4.69, 9.17) is 0 Å². The Morgan fingerprint density at radius 2 is 1.64 bits per heavy atom. The average Bonchev–Trinajstić information content (AvgIpc) is 3.00. The molecule has 0 spiro atoms. The summed E-state index contributed by atoms with van der Waals surface area (Å²) in [5.74, 6) is -0.427. The van der Waals surface area contributed by atoms with E-state index in [9.17, 15) is 17.6 Å². The van der Waals surface area contributed by atoms with Crippen LogP contribution in [0, 0.1) is 19.7 Å². The van der Waals surface area contributed by atoms with E-state index in [0.717, 1.165) is 15.3 Å². The summed E-state index contributed by atoms with van der Waals surface area (Å²) >= 11 is 1.47. The van der Waals surface area contributed by atoms with Gasteiger partial charge in [0, 0.05) is 35.9 Å². The largest absolute Gasteiger partial charge is 0.339 e. The second-order valence-corrected chi connectivity index (χ2v) is 11.0. The van der Waals surface area contributed by atoms with Gasteiger partial charge in [0.05, 0.1) is 10.3 Å². The maximum Gasteiger partial charge on any atom is 0.244 e. The molecule has 5 nitrogen and oxygen atoms in total. The van der Waals surface area contributed by atoms with Gasteiger partial charge in [-0.25, -0.2) is 12.8 Å². The Morgan fingerprint density at radius 3 is 2.14 bits per heavy atom. The maximum atomic E-state index is 13.2. The molecule has 0 atom stereocenters. The van der Waals surface area contributed by atoms with E-state index in [1.807, 2.05) is 27.7 Å². The highest BCUT2D eigenvalue weighted by Crippen LogP contribution is 2.30. The number of thiophene rings is 1. The molecule has 1 saturated heterocycles. The Morgan fingerprint density at radius 1 is 1.07 bits per heavy atom. The highest BCUT2D eigenvalue weighted by Gasteiger charge is 2.37. The number of piperazine rings is 1. The number of carbonyl (C=O) groups excluding carboxylic acids is 1. The summed E-state index contributed by atoms with van der Waals surface area (Å²) in [5, 5.41) is 0. The number of carbonyl (C=O) groups is 1. The molecular weight excluding hydrogens is 399 g/mol. The number of hydrogen-bond donors (Lipinski definition) is 0. The van der Waals surface area contributed by atoms with Crippen LogP contribution in [0.25, 0.3) is 0 Å². The Bertz CT molecular complexity index is 973. The lowest BCUT2D eigenvalue weighted by Gasteiger charge is -2.38. The quantitative estimate of drug-likeness (QED) is 0.757. The van der Waals surface area contributed by atoms with Crippen molar-refractivity contribution >= 4 is 27.3 Å². The van der Waals surface area contributed by atoms with Gasteiger partial charge in [0.1, 0.15) is 5.82 Å².